The van der Waals surface area contributed by atoms with Gasteiger partial charge in [-0.05, 0) is 47.9 Å². The third-order valence-corrected chi connectivity index (χ3v) is 9.90. The fourth-order valence-electron chi connectivity index (χ4n) is 6.14. The third kappa shape index (κ3) is 7.63. The number of ether oxygens (including phenoxy) is 1. The Labute approximate surface area is 289 Å². The lowest BCUT2D eigenvalue weighted by atomic mass is 9.78. The van der Waals surface area contributed by atoms with Gasteiger partial charge in [0.05, 0.1) is 10.5 Å². The van der Waals surface area contributed by atoms with Crippen molar-refractivity contribution in [3.8, 4) is 0 Å². The van der Waals surface area contributed by atoms with E-state index in [1.807, 2.05) is 64.1 Å². The lowest BCUT2D eigenvalue weighted by Gasteiger charge is -2.39. The van der Waals surface area contributed by atoms with Gasteiger partial charge in [-0.2, -0.15) is 0 Å². The van der Waals surface area contributed by atoms with Crippen LogP contribution in [-0.4, -0.2) is 44.7 Å². The van der Waals surface area contributed by atoms with Crippen LogP contribution >= 0.6 is 23.2 Å². The molecule has 1 aliphatic rings. The van der Waals surface area contributed by atoms with Crippen molar-refractivity contribution in [3.63, 3.8) is 0 Å². The van der Waals surface area contributed by atoms with E-state index in [1.165, 1.54) is 0 Å². The van der Waals surface area contributed by atoms with E-state index in [0.717, 1.165) is 28.6 Å². The highest BCUT2D eigenvalue weighted by Gasteiger charge is 2.47. The van der Waals surface area contributed by atoms with Crippen molar-refractivity contribution in [2.75, 3.05) is 0 Å². The molecule has 0 spiro atoms. The molecular formula is C35H42Cl2N6O5. The second kappa shape index (κ2) is 15.0. The summed E-state index contributed by atoms with van der Waals surface area (Å²) < 4.78 is 11.2. The predicted octanol–water partition coefficient (Wildman–Crippen LogP) is 6.75. The SMILES string of the molecule is CCC(C)[C@H](NC(=O)OCc1ccccc1)C(=O)N[C@]1(C(=O)N[C@H](c2nnc(C)o2)C(C)CC)CCc2[nH]c3c(Cl)cc(Cl)cc3c2C1. The van der Waals surface area contributed by atoms with Crippen molar-refractivity contribution in [2.24, 2.45) is 11.8 Å². The number of H-pyrrole nitrogens is 1. The molecule has 0 bridgehead atoms. The zero-order valence-corrected chi connectivity index (χ0v) is 29.3. The van der Waals surface area contributed by atoms with Gasteiger partial charge < -0.3 is 30.1 Å². The van der Waals surface area contributed by atoms with Crippen LogP contribution in [0.4, 0.5) is 4.79 Å². The molecule has 2 aromatic carbocycles. The average molecular weight is 698 g/mol. The first-order valence-electron chi connectivity index (χ1n) is 16.3. The molecular weight excluding hydrogens is 655 g/mol. The number of hydrogen-bond acceptors (Lipinski definition) is 7. The Morgan fingerprint density at radius 3 is 2.44 bits per heavy atom. The molecule has 3 amide bonds. The van der Waals surface area contributed by atoms with Crippen molar-refractivity contribution in [1.29, 1.82) is 0 Å². The van der Waals surface area contributed by atoms with Crippen LogP contribution in [0.3, 0.4) is 0 Å². The van der Waals surface area contributed by atoms with Gasteiger partial charge in [0.25, 0.3) is 0 Å². The number of benzene rings is 2. The molecule has 2 unspecified atom stereocenters. The summed E-state index contributed by atoms with van der Waals surface area (Å²) in [7, 11) is 0. The van der Waals surface area contributed by atoms with E-state index in [2.05, 4.69) is 31.1 Å². The Morgan fingerprint density at radius 1 is 1.04 bits per heavy atom. The molecule has 4 aromatic rings. The Balaban J connectivity index is 1.47. The standard InChI is InChI=1S/C35H42Cl2N6O5/c1-6-19(3)28(40-34(46)47-18-22-11-9-8-10-12-22)31(44)41-35(33(45)39-29(20(4)7-2)32-43-42-21(5)48-32)14-13-27-25(17-35)24-15-23(36)16-26(37)30(24)38-27/h8-12,15-16,19-20,28-29,38H,6-7,13-14,17-18H2,1-5H3,(H,39,45)(H,40,46)(H,41,44)/t19?,20?,28-,29-,35+/m0/s1. The average Bonchev–Trinajstić information content (AvgIpc) is 3.67. The molecule has 11 nitrogen and oxygen atoms in total. The Kier molecular flexibility index (Phi) is 11.0. The number of hydrogen-bond donors (Lipinski definition) is 4. The maximum Gasteiger partial charge on any atom is 0.408 e. The summed E-state index contributed by atoms with van der Waals surface area (Å²) in [6.45, 7) is 9.54. The second-order valence-corrected chi connectivity index (χ2v) is 13.5. The summed E-state index contributed by atoms with van der Waals surface area (Å²) in [6, 6.07) is 11.2. The van der Waals surface area contributed by atoms with Crippen molar-refractivity contribution in [3.05, 3.63) is 81.1 Å². The summed E-state index contributed by atoms with van der Waals surface area (Å²) in [6.07, 6.45) is 1.45. The van der Waals surface area contributed by atoms with Crippen LogP contribution in [0.15, 0.2) is 46.9 Å². The summed E-state index contributed by atoms with van der Waals surface area (Å²) in [5.74, 6) is -0.552. The predicted molar refractivity (Wildman–Crippen MR) is 184 cm³/mol. The van der Waals surface area contributed by atoms with Crippen molar-refractivity contribution in [1.82, 2.24) is 31.1 Å². The number of nitrogens with zero attached hydrogens (tertiary/aromatic N) is 2. The lowest BCUT2D eigenvalue weighted by molar-refractivity contribution is -0.136. The monoisotopic (exact) mass is 696 g/mol. The van der Waals surface area contributed by atoms with Crippen molar-refractivity contribution >= 4 is 52.0 Å². The van der Waals surface area contributed by atoms with Gasteiger partial charge in [-0.1, -0.05) is 94.1 Å². The fourth-order valence-corrected chi connectivity index (χ4v) is 6.68. The summed E-state index contributed by atoms with van der Waals surface area (Å²) in [5, 5.41) is 18.9. The van der Waals surface area contributed by atoms with Gasteiger partial charge in [0.15, 0.2) is 0 Å². The first-order valence-corrected chi connectivity index (χ1v) is 17.1. The van der Waals surface area contributed by atoms with E-state index in [1.54, 1.807) is 13.0 Å². The number of aryl methyl sites for hydroxylation is 2. The minimum atomic E-state index is -1.41. The van der Waals surface area contributed by atoms with Crippen LogP contribution in [0, 0.1) is 18.8 Å². The normalized spacial score (nSPS) is 18.3. The number of alkyl carbamates (subject to hydrolysis) is 1. The van der Waals surface area contributed by atoms with Crippen LogP contribution in [0.1, 0.15) is 81.6 Å². The number of aromatic amines is 1. The highest BCUT2D eigenvalue weighted by molar-refractivity contribution is 6.38. The number of fused-ring (bicyclic) bond motifs is 3. The summed E-state index contributed by atoms with van der Waals surface area (Å²) >= 11 is 13.0. The van der Waals surface area contributed by atoms with Crippen LogP contribution < -0.4 is 16.0 Å². The number of aromatic nitrogens is 3. The van der Waals surface area contributed by atoms with Crippen LogP contribution in [-0.2, 0) is 33.8 Å². The number of nitrogens with one attached hydrogen (secondary N) is 4. The molecule has 2 heterocycles. The van der Waals surface area contributed by atoms with E-state index >= 15 is 0 Å². The van der Waals surface area contributed by atoms with E-state index in [9.17, 15) is 14.4 Å². The molecule has 256 valence electrons. The van der Waals surface area contributed by atoms with Gasteiger partial charge in [-0.3, -0.25) is 9.59 Å². The topological polar surface area (TPSA) is 151 Å². The smallest absolute Gasteiger partial charge is 0.408 e. The zero-order valence-electron chi connectivity index (χ0n) is 27.8. The highest BCUT2D eigenvalue weighted by atomic mass is 35.5. The summed E-state index contributed by atoms with van der Waals surface area (Å²) in [4.78, 5) is 45.2. The van der Waals surface area contributed by atoms with E-state index in [0.29, 0.717) is 40.2 Å². The molecule has 0 saturated heterocycles. The minimum Gasteiger partial charge on any atom is -0.445 e. The number of rotatable bonds is 12. The molecule has 5 rings (SSSR count). The van der Waals surface area contributed by atoms with Crippen molar-refractivity contribution in [2.45, 2.75) is 91.0 Å². The third-order valence-electron chi connectivity index (χ3n) is 9.39. The van der Waals surface area contributed by atoms with E-state index < -0.39 is 35.5 Å². The molecule has 1 aliphatic carbocycles. The first-order chi connectivity index (χ1) is 22.9. The Morgan fingerprint density at radius 2 is 1.77 bits per heavy atom. The van der Waals surface area contributed by atoms with E-state index in [4.69, 9.17) is 32.4 Å². The van der Waals surface area contributed by atoms with Gasteiger partial charge in [0.2, 0.25) is 23.6 Å². The van der Waals surface area contributed by atoms with Crippen LogP contribution in [0.25, 0.3) is 10.9 Å². The molecule has 0 radical (unpaired) electrons. The van der Waals surface area contributed by atoms with Crippen LogP contribution in [0.5, 0.6) is 0 Å². The number of amides is 3. The molecule has 2 aromatic heterocycles. The number of carbonyl (C=O) groups excluding carboxylic acids is 3. The maximum absolute atomic E-state index is 14.6. The molecule has 0 saturated carbocycles. The molecule has 0 aliphatic heterocycles. The maximum atomic E-state index is 14.6. The van der Waals surface area contributed by atoms with Gasteiger partial charge in [-0.15, -0.1) is 10.2 Å². The van der Waals surface area contributed by atoms with E-state index in [-0.39, 0.29) is 31.3 Å². The Hall–Kier alpha value is -4.09. The van der Waals surface area contributed by atoms with Gasteiger partial charge in [0, 0.05) is 29.4 Å². The fraction of sp³-hybridized carbons (Fsp3) is 0.457. The molecule has 4 N–H and O–H groups in total. The lowest BCUT2D eigenvalue weighted by Crippen LogP contribution is -2.65. The van der Waals surface area contributed by atoms with Gasteiger partial charge >= 0.3 is 6.09 Å². The minimum absolute atomic E-state index is 0.0501. The molecule has 5 atom stereocenters. The first kappa shape index (κ1) is 35.2. The number of halogens is 2. The second-order valence-electron chi connectivity index (χ2n) is 12.7. The van der Waals surface area contributed by atoms with Crippen LogP contribution in [0.2, 0.25) is 10.0 Å². The molecule has 13 heteroatoms. The van der Waals surface area contributed by atoms with Crippen molar-refractivity contribution < 1.29 is 23.5 Å². The summed E-state index contributed by atoms with van der Waals surface area (Å²) in [5.41, 5.74) is 1.87. The Bertz CT molecular complexity index is 1780. The van der Waals surface area contributed by atoms with Gasteiger partial charge in [0.1, 0.15) is 24.2 Å². The largest absolute Gasteiger partial charge is 0.445 e. The number of carbonyl (C=O) groups is 3. The molecule has 48 heavy (non-hydrogen) atoms. The molecule has 0 fully saturated rings. The highest BCUT2D eigenvalue weighted by Crippen LogP contribution is 2.39. The van der Waals surface area contributed by atoms with Gasteiger partial charge in [-0.25, -0.2) is 4.79 Å². The quantitative estimate of drug-likeness (QED) is 0.128. The zero-order chi connectivity index (χ0) is 34.6.